The van der Waals surface area contributed by atoms with E-state index >= 15 is 0 Å². The molecule has 0 bridgehead atoms. The Morgan fingerprint density at radius 2 is 2.21 bits per heavy atom. The Hall–Kier alpha value is -0.870. The zero-order chi connectivity index (χ0) is 10.7. The molecule has 0 unspecified atom stereocenters. The van der Waals surface area contributed by atoms with Gasteiger partial charge >= 0.3 is 0 Å². The summed E-state index contributed by atoms with van der Waals surface area (Å²) in [5, 5.41) is 9.46. The quantitative estimate of drug-likeness (QED) is 0.815. The highest BCUT2D eigenvalue weighted by atomic mass is 79.9. The van der Waals surface area contributed by atoms with Crippen molar-refractivity contribution in [2.45, 2.75) is 13.3 Å². The molecule has 0 saturated carbocycles. The summed E-state index contributed by atoms with van der Waals surface area (Å²) in [6.45, 7) is 2.09. The van der Waals surface area contributed by atoms with Crippen LogP contribution >= 0.6 is 15.9 Å². The molecule has 76 valence electrons. The SMILES string of the molecule is Cc1cc(C(=O)CCN)cc(Br)c1O. The number of Topliss-reactive ketones (excluding diaryl/α,β-unsaturated/α-hetero) is 1. The number of phenolic OH excluding ortho intramolecular Hbond substituents is 1. The van der Waals surface area contributed by atoms with Gasteiger partial charge in [-0.1, -0.05) is 0 Å². The normalized spacial score (nSPS) is 10.2. The third kappa shape index (κ3) is 2.33. The molecule has 0 radical (unpaired) electrons. The Morgan fingerprint density at radius 3 is 2.71 bits per heavy atom. The maximum absolute atomic E-state index is 11.5. The van der Waals surface area contributed by atoms with Gasteiger partial charge in [-0.3, -0.25) is 4.79 Å². The van der Waals surface area contributed by atoms with E-state index in [0.29, 0.717) is 28.6 Å². The average Bonchev–Trinajstić information content (AvgIpc) is 2.13. The summed E-state index contributed by atoms with van der Waals surface area (Å²) in [5.74, 6) is 0.172. The summed E-state index contributed by atoms with van der Waals surface area (Å²) in [7, 11) is 0. The van der Waals surface area contributed by atoms with E-state index in [1.165, 1.54) is 0 Å². The van der Waals surface area contributed by atoms with E-state index < -0.39 is 0 Å². The van der Waals surface area contributed by atoms with Crippen molar-refractivity contribution >= 4 is 21.7 Å². The van der Waals surface area contributed by atoms with Gasteiger partial charge in [0.2, 0.25) is 0 Å². The van der Waals surface area contributed by atoms with E-state index in [4.69, 9.17) is 5.73 Å². The summed E-state index contributed by atoms with van der Waals surface area (Å²) in [6, 6.07) is 3.28. The van der Waals surface area contributed by atoms with Crippen LogP contribution in [0.25, 0.3) is 0 Å². The lowest BCUT2D eigenvalue weighted by atomic mass is 10.1. The molecule has 0 atom stereocenters. The molecule has 0 fully saturated rings. The minimum atomic E-state index is -0.00343. The van der Waals surface area contributed by atoms with Gasteiger partial charge in [0, 0.05) is 12.0 Å². The predicted molar refractivity (Wildman–Crippen MR) is 58.5 cm³/mol. The maximum atomic E-state index is 11.5. The van der Waals surface area contributed by atoms with E-state index in [0.717, 1.165) is 0 Å². The monoisotopic (exact) mass is 257 g/mol. The van der Waals surface area contributed by atoms with Crippen molar-refractivity contribution in [3.8, 4) is 5.75 Å². The van der Waals surface area contributed by atoms with E-state index in [2.05, 4.69) is 15.9 Å². The minimum absolute atomic E-state index is 0.00343. The third-order valence-electron chi connectivity index (χ3n) is 1.95. The van der Waals surface area contributed by atoms with Gasteiger partial charge in [0.15, 0.2) is 5.78 Å². The van der Waals surface area contributed by atoms with Crippen LogP contribution in [0.4, 0.5) is 0 Å². The summed E-state index contributed by atoms with van der Waals surface area (Å²) in [4.78, 5) is 11.5. The fourth-order valence-corrected chi connectivity index (χ4v) is 1.73. The van der Waals surface area contributed by atoms with Gasteiger partial charge < -0.3 is 10.8 Å². The van der Waals surface area contributed by atoms with Crippen molar-refractivity contribution in [2.24, 2.45) is 5.73 Å². The second kappa shape index (κ2) is 4.57. The van der Waals surface area contributed by atoms with Gasteiger partial charge in [-0.15, -0.1) is 0 Å². The van der Waals surface area contributed by atoms with Crippen molar-refractivity contribution in [1.82, 2.24) is 0 Å². The average molecular weight is 258 g/mol. The molecular weight excluding hydrogens is 246 g/mol. The fraction of sp³-hybridized carbons (Fsp3) is 0.300. The third-order valence-corrected chi connectivity index (χ3v) is 2.55. The molecule has 0 saturated heterocycles. The Kier molecular flexibility index (Phi) is 3.66. The van der Waals surface area contributed by atoms with Crippen LogP contribution in [0.5, 0.6) is 5.75 Å². The van der Waals surface area contributed by atoms with Gasteiger partial charge in [0.1, 0.15) is 5.75 Å². The number of hydrogen-bond acceptors (Lipinski definition) is 3. The molecule has 3 nitrogen and oxygen atoms in total. The fourth-order valence-electron chi connectivity index (χ4n) is 1.17. The smallest absolute Gasteiger partial charge is 0.164 e. The van der Waals surface area contributed by atoms with Crippen LogP contribution in [0.3, 0.4) is 0 Å². The number of phenols is 1. The number of halogens is 1. The lowest BCUT2D eigenvalue weighted by Gasteiger charge is -2.05. The van der Waals surface area contributed by atoms with Crippen molar-refractivity contribution in [3.05, 3.63) is 27.7 Å². The number of benzene rings is 1. The minimum Gasteiger partial charge on any atom is -0.506 e. The van der Waals surface area contributed by atoms with Crippen LogP contribution in [0.1, 0.15) is 22.3 Å². The predicted octanol–water partition coefficient (Wildman–Crippen LogP) is 1.99. The van der Waals surface area contributed by atoms with E-state index in [9.17, 15) is 9.90 Å². The van der Waals surface area contributed by atoms with Gasteiger partial charge in [0.05, 0.1) is 4.47 Å². The number of nitrogens with two attached hydrogens (primary N) is 1. The molecule has 0 aliphatic carbocycles. The molecule has 1 rings (SSSR count). The number of carbonyl (C=O) groups is 1. The molecule has 0 spiro atoms. The first-order chi connectivity index (χ1) is 6.56. The first-order valence-corrected chi connectivity index (χ1v) is 5.08. The van der Waals surface area contributed by atoms with Gasteiger partial charge in [0.25, 0.3) is 0 Å². The van der Waals surface area contributed by atoms with Crippen LogP contribution < -0.4 is 5.73 Å². The van der Waals surface area contributed by atoms with Crippen molar-refractivity contribution < 1.29 is 9.90 Å². The van der Waals surface area contributed by atoms with Crippen LogP contribution in [-0.2, 0) is 0 Å². The molecule has 0 amide bonds. The van der Waals surface area contributed by atoms with Gasteiger partial charge in [-0.25, -0.2) is 0 Å². The van der Waals surface area contributed by atoms with Crippen LogP contribution in [0, 0.1) is 6.92 Å². The second-order valence-corrected chi connectivity index (χ2v) is 3.94. The topological polar surface area (TPSA) is 63.3 Å². The van der Waals surface area contributed by atoms with Crippen LogP contribution in [-0.4, -0.2) is 17.4 Å². The van der Waals surface area contributed by atoms with Gasteiger partial charge in [-0.2, -0.15) is 0 Å². The standard InChI is InChI=1S/C10H12BrNO2/c1-6-4-7(9(13)2-3-12)5-8(11)10(6)14/h4-5,14H,2-3,12H2,1H3. The van der Waals surface area contributed by atoms with Crippen molar-refractivity contribution in [1.29, 1.82) is 0 Å². The number of carbonyl (C=O) groups excluding carboxylic acids is 1. The molecule has 4 heteroatoms. The summed E-state index contributed by atoms with van der Waals surface area (Å²) >= 11 is 3.18. The van der Waals surface area contributed by atoms with Crippen molar-refractivity contribution in [2.75, 3.05) is 6.54 Å². The highest BCUT2D eigenvalue weighted by molar-refractivity contribution is 9.10. The summed E-state index contributed by atoms with van der Waals surface area (Å²) < 4.78 is 0.540. The number of rotatable bonds is 3. The summed E-state index contributed by atoms with van der Waals surface area (Å²) in [6.07, 6.45) is 0.330. The Labute approximate surface area is 91.1 Å². The number of aromatic hydroxyl groups is 1. The van der Waals surface area contributed by atoms with E-state index in [-0.39, 0.29) is 11.5 Å². The lowest BCUT2D eigenvalue weighted by molar-refractivity contribution is 0.0985. The molecule has 1 aromatic rings. The Bertz CT molecular complexity index is 340. The number of hydrogen-bond donors (Lipinski definition) is 2. The molecule has 3 N–H and O–H groups in total. The molecule has 1 aromatic carbocycles. The lowest BCUT2D eigenvalue weighted by Crippen LogP contribution is -2.08. The molecule has 0 aliphatic rings. The molecule has 0 heterocycles. The first-order valence-electron chi connectivity index (χ1n) is 4.28. The van der Waals surface area contributed by atoms with Crippen LogP contribution in [0.15, 0.2) is 16.6 Å². The highest BCUT2D eigenvalue weighted by Crippen LogP contribution is 2.29. The largest absolute Gasteiger partial charge is 0.506 e. The molecule has 0 aliphatic heterocycles. The second-order valence-electron chi connectivity index (χ2n) is 3.09. The highest BCUT2D eigenvalue weighted by Gasteiger charge is 2.09. The van der Waals surface area contributed by atoms with Crippen molar-refractivity contribution in [3.63, 3.8) is 0 Å². The Morgan fingerprint density at radius 1 is 1.57 bits per heavy atom. The zero-order valence-electron chi connectivity index (χ0n) is 7.88. The van der Waals surface area contributed by atoms with Gasteiger partial charge in [-0.05, 0) is 47.1 Å². The van der Waals surface area contributed by atoms with E-state index in [1.54, 1.807) is 19.1 Å². The maximum Gasteiger partial charge on any atom is 0.164 e. The number of aryl methyl sites for hydroxylation is 1. The summed E-state index contributed by atoms with van der Waals surface area (Å²) in [5.41, 5.74) is 6.55. The molecule has 0 aromatic heterocycles. The number of ketones is 1. The molecular formula is C10H12BrNO2. The first kappa shape index (κ1) is 11.2. The van der Waals surface area contributed by atoms with E-state index in [1.807, 2.05) is 0 Å². The zero-order valence-corrected chi connectivity index (χ0v) is 9.47. The Balaban J connectivity index is 3.06. The van der Waals surface area contributed by atoms with Crippen LogP contribution in [0.2, 0.25) is 0 Å². The molecule has 14 heavy (non-hydrogen) atoms.